The van der Waals surface area contributed by atoms with Crippen LogP contribution in [0, 0.1) is 10.8 Å². The van der Waals surface area contributed by atoms with Gasteiger partial charge in [0.2, 0.25) is 11.6 Å². The topological polar surface area (TPSA) is 68.3 Å². The molecule has 26 heavy (non-hydrogen) atoms. The largest absolute Gasteiger partial charge is 0.450 e. The number of rotatable bonds is 4. The quantitative estimate of drug-likeness (QED) is 0.530. The summed E-state index contributed by atoms with van der Waals surface area (Å²) >= 11 is 0. The lowest BCUT2D eigenvalue weighted by Gasteiger charge is -2.16. The van der Waals surface area contributed by atoms with E-state index in [1.807, 2.05) is 0 Å². The number of hydrogen-bond donors (Lipinski definition) is 0. The van der Waals surface area contributed by atoms with Gasteiger partial charge in [-0.25, -0.2) is 0 Å². The van der Waals surface area contributed by atoms with Crippen LogP contribution in [0.5, 0.6) is 0 Å². The van der Waals surface area contributed by atoms with Crippen molar-refractivity contribution in [1.29, 1.82) is 0 Å². The highest BCUT2D eigenvalue weighted by molar-refractivity contribution is 6.04. The zero-order valence-electron chi connectivity index (χ0n) is 15.3. The number of carbonyl (C=O) groups excluding carboxylic acids is 4. The summed E-state index contributed by atoms with van der Waals surface area (Å²) in [5, 5.41) is 0. The number of halogens is 6. The molecule has 0 aromatic rings. The average molecular weight is 392 g/mol. The molecule has 0 amide bonds. The predicted molar refractivity (Wildman–Crippen MR) is 80.3 cm³/mol. The lowest BCUT2D eigenvalue weighted by Crippen LogP contribution is -2.30. The van der Waals surface area contributed by atoms with E-state index in [-0.39, 0.29) is 0 Å². The maximum absolute atomic E-state index is 11.7. The van der Waals surface area contributed by atoms with Crippen LogP contribution in [0.25, 0.3) is 0 Å². The Morgan fingerprint density at radius 3 is 0.808 bits per heavy atom. The number of hydrogen-bond acceptors (Lipinski definition) is 4. The van der Waals surface area contributed by atoms with Gasteiger partial charge in [0.25, 0.3) is 0 Å². The standard InChI is InChI=1S/2C8H11F3O2/c2*1-7(2,3)5(12)4-6(13)8(9,10)11/h2*4H2,1-3H3. The molecule has 0 unspecified atom stereocenters. The van der Waals surface area contributed by atoms with Gasteiger partial charge in [-0.05, 0) is 0 Å². The van der Waals surface area contributed by atoms with Crippen molar-refractivity contribution in [1.82, 2.24) is 0 Å². The fourth-order valence-electron chi connectivity index (χ4n) is 1.02. The second-order valence-corrected chi connectivity index (χ2v) is 7.54. The molecule has 4 nitrogen and oxygen atoms in total. The van der Waals surface area contributed by atoms with Gasteiger partial charge >= 0.3 is 12.4 Å². The number of carbonyl (C=O) groups is 4. The molecule has 0 fully saturated rings. The second-order valence-electron chi connectivity index (χ2n) is 7.54. The fraction of sp³-hybridized carbons (Fsp3) is 0.750. The molecule has 0 radical (unpaired) electrons. The summed E-state index contributed by atoms with van der Waals surface area (Å²) in [5.74, 6) is -5.36. The SMILES string of the molecule is CC(C)(C)C(=O)CC(=O)C(F)(F)F.CC(C)(C)C(=O)CC(=O)C(F)(F)F. The van der Waals surface area contributed by atoms with Gasteiger partial charge in [-0.15, -0.1) is 0 Å². The van der Waals surface area contributed by atoms with Gasteiger partial charge in [0.05, 0.1) is 12.8 Å². The molecule has 152 valence electrons. The first-order chi connectivity index (χ1) is 11.1. The Labute approximate surface area is 147 Å². The Bertz CT molecular complexity index is 447. The van der Waals surface area contributed by atoms with Crippen LogP contribution in [-0.4, -0.2) is 35.5 Å². The van der Waals surface area contributed by atoms with E-state index in [2.05, 4.69) is 0 Å². The van der Waals surface area contributed by atoms with Crippen LogP contribution in [0.15, 0.2) is 0 Å². The molecule has 0 bridgehead atoms. The normalized spacial score (nSPS) is 12.8. The molecule has 0 heterocycles. The molecular formula is C16H22F6O4. The van der Waals surface area contributed by atoms with Crippen molar-refractivity contribution >= 4 is 23.1 Å². The average Bonchev–Trinajstić information content (AvgIpc) is 2.34. The van der Waals surface area contributed by atoms with Crippen LogP contribution < -0.4 is 0 Å². The molecule has 0 saturated heterocycles. The van der Waals surface area contributed by atoms with Gasteiger partial charge in [-0.3, -0.25) is 19.2 Å². The van der Waals surface area contributed by atoms with E-state index >= 15 is 0 Å². The van der Waals surface area contributed by atoms with Gasteiger partial charge < -0.3 is 0 Å². The third-order valence-electron chi connectivity index (χ3n) is 2.95. The maximum atomic E-state index is 11.7. The van der Waals surface area contributed by atoms with E-state index in [9.17, 15) is 45.5 Å². The Kier molecular flexibility index (Phi) is 8.93. The summed E-state index contributed by atoms with van der Waals surface area (Å²) in [6.07, 6.45) is -11.9. The molecule has 0 N–H and O–H groups in total. The van der Waals surface area contributed by atoms with E-state index in [1.54, 1.807) is 0 Å². The van der Waals surface area contributed by atoms with Crippen LogP contribution >= 0.6 is 0 Å². The van der Waals surface area contributed by atoms with Gasteiger partial charge in [0.1, 0.15) is 11.6 Å². The van der Waals surface area contributed by atoms with Crippen molar-refractivity contribution in [3.63, 3.8) is 0 Å². The van der Waals surface area contributed by atoms with Crippen molar-refractivity contribution in [3.8, 4) is 0 Å². The summed E-state index contributed by atoms with van der Waals surface area (Å²) in [7, 11) is 0. The Morgan fingerprint density at radius 1 is 0.500 bits per heavy atom. The molecule has 0 spiro atoms. The molecule has 0 aliphatic rings. The summed E-state index contributed by atoms with van der Waals surface area (Å²) in [6, 6.07) is 0. The van der Waals surface area contributed by atoms with Gasteiger partial charge in [-0.1, -0.05) is 41.5 Å². The fourth-order valence-corrected chi connectivity index (χ4v) is 1.02. The molecule has 0 aromatic carbocycles. The zero-order chi connectivity index (χ0) is 21.7. The number of Topliss-reactive ketones (excluding diaryl/α,β-unsaturated/α-hetero) is 4. The van der Waals surface area contributed by atoms with Crippen LogP contribution in [0.2, 0.25) is 0 Å². The van der Waals surface area contributed by atoms with E-state index < -0.39 is 59.2 Å². The third kappa shape index (κ3) is 11.0. The van der Waals surface area contributed by atoms with E-state index in [4.69, 9.17) is 0 Å². The minimum absolute atomic E-state index is 0.699. The van der Waals surface area contributed by atoms with Crippen LogP contribution in [0.4, 0.5) is 26.3 Å². The second kappa shape index (κ2) is 8.77. The van der Waals surface area contributed by atoms with Crippen LogP contribution in [0.1, 0.15) is 54.4 Å². The Morgan fingerprint density at radius 2 is 0.692 bits per heavy atom. The first kappa shape index (κ1) is 26.5. The first-order valence-electron chi connectivity index (χ1n) is 7.36. The van der Waals surface area contributed by atoms with Crippen molar-refractivity contribution in [2.75, 3.05) is 0 Å². The first-order valence-corrected chi connectivity index (χ1v) is 7.36. The molecule has 10 heteroatoms. The monoisotopic (exact) mass is 392 g/mol. The van der Waals surface area contributed by atoms with E-state index in [0.29, 0.717) is 0 Å². The summed E-state index contributed by atoms with van der Waals surface area (Å²) in [5.41, 5.74) is -1.80. The zero-order valence-corrected chi connectivity index (χ0v) is 15.3. The lowest BCUT2D eigenvalue weighted by atomic mass is 9.88. The van der Waals surface area contributed by atoms with E-state index in [1.165, 1.54) is 41.5 Å². The maximum Gasteiger partial charge on any atom is 0.450 e. The molecule has 0 aromatic heterocycles. The molecule has 0 atom stereocenters. The molecular weight excluding hydrogens is 370 g/mol. The molecule has 0 rings (SSSR count). The van der Waals surface area contributed by atoms with E-state index in [0.717, 1.165) is 0 Å². The van der Waals surface area contributed by atoms with Gasteiger partial charge in [-0.2, -0.15) is 26.3 Å². The molecule has 0 saturated carbocycles. The number of ketones is 4. The minimum atomic E-state index is -4.90. The summed E-state index contributed by atoms with van der Waals surface area (Å²) in [6.45, 7) is 8.83. The van der Waals surface area contributed by atoms with Crippen molar-refractivity contribution < 1.29 is 45.5 Å². The van der Waals surface area contributed by atoms with Crippen LogP contribution in [-0.2, 0) is 19.2 Å². The van der Waals surface area contributed by atoms with Crippen LogP contribution in [0.3, 0.4) is 0 Å². The lowest BCUT2D eigenvalue weighted by molar-refractivity contribution is -0.172. The highest BCUT2D eigenvalue weighted by Gasteiger charge is 2.41. The van der Waals surface area contributed by atoms with Crippen molar-refractivity contribution in [3.05, 3.63) is 0 Å². The summed E-state index contributed by atoms with van der Waals surface area (Å²) < 4.78 is 70.2. The predicted octanol–water partition coefficient (Wildman–Crippen LogP) is 4.25. The van der Waals surface area contributed by atoms with Crippen molar-refractivity contribution in [2.24, 2.45) is 10.8 Å². The Balaban J connectivity index is 0. The smallest absolute Gasteiger partial charge is 0.299 e. The molecule has 0 aliphatic heterocycles. The van der Waals surface area contributed by atoms with Crippen molar-refractivity contribution in [2.45, 2.75) is 66.7 Å². The Hall–Kier alpha value is -1.74. The van der Waals surface area contributed by atoms with Gasteiger partial charge in [0.15, 0.2) is 0 Å². The highest BCUT2D eigenvalue weighted by Crippen LogP contribution is 2.24. The third-order valence-corrected chi connectivity index (χ3v) is 2.95. The number of alkyl halides is 6. The molecule has 0 aliphatic carbocycles. The summed E-state index contributed by atoms with van der Waals surface area (Å²) in [4.78, 5) is 42.8. The minimum Gasteiger partial charge on any atom is -0.299 e. The van der Waals surface area contributed by atoms with Gasteiger partial charge in [0, 0.05) is 10.8 Å². The highest BCUT2D eigenvalue weighted by atomic mass is 19.4.